The summed E-state index contributed by atoms with van der Waals surface area (Å²) in [4.78, 5) is -0.0970. The highest BCUT2D eigenvalue weighted by molar-refractivity contribution is 7.89. The number of rotatable bonds is 7. The minimum absolute atomic E-state index is 0.0884. The highest BCUT2D eigenvalue weighted by Crippen LogP contribution is 2.30. The third-order valence-corrected chi connectivity index (χ3v) is 6.13. The van der Waals surface area contributed by atoms with Crippen LogP contribution in [0.5, 0.6) is 11.5 Å². The number of hydrogen-bond donors (Lipinski definition) is 0. The number of halogens is 2. The summed E-state index contributed by atoms with van der Waals surface area (Å²) in [5, 5.41) is 0.177. The zero-order valence-corrected chi connectivity index (χ0v) is 15.5. The Bertz CT molecular complexity index is 774. The highest BCUT2D eigenvalue weighted by atomic mass is 35.5. The Kier molecular flexibility index (Phi) is 6.34. The van der Waals surface area contributed by atoms with Crippen LogP contribution in [-0.2, 0) is 10.0 Å². The normalized spacial score (nSPS) is 11.5. The predicted molar refractivity (Wildman–Crippen MR) is 94.8 cm³/mol. The average Bonchev–Trinajstić information content (AvgIpc) is 2.55. The lowest BCUT2D eigenvalue weighted by Gasteiger charge is -2.19. The molecule has 0 saturated heterocycles. The lowest BCUT2D eigenvalue weighted by molar-refractivity contribution is 0.286. The molecule has 0 unspecified atom stereocenters. The first kappa shape index (κ1) is 18.9. The van der Waals surface area contributed by atoms with Crippen molar-refractivity contribution in [3.05, 3.63) is 52.5 Å². The fraction of sp³-hybridized carbons (Fsp3) is 0.250. The first-order valence-corrected chi connectivity index (χ1v) is 9.23. The Morgan fingerprint density at radius 3 is 2.08 bits per heavy atom. The smallest absolute Gasteiger partial charge is 0.245 e. The van der Waals surface area contributed by atoms with Crippen molar-refractivity contribution >= 4 is 33.2 Å². The molecule has 2 aromatic rings. The van der Waals surface area contributed by atoms with Gasteiger partial charge in [-0.2, -0.15) is 4.31 Å². The van der Waals surface area contributed by atoms with Gasteiger partial charge in [-0.05, 0) is 36.4 Å². The fourth-order valence-corrected chi connectivity index (χ4v) is 4.21. The van der Waals surface area contributed by atoms with Gasteiger partial charge in [0.15, 0.2) is 0 Å². The number of ether oxygens (including phenoxy) is 2. The minimum atomic E-state index is -3.80. The van der Waals surface area contributed by atoms with Crippen molar-refractivity contribution in [2.24, 2.45) is 0 Å². The summed E-state index contributed by atoms with van der Waals surface area (Å²) in [5.41, 5.74) is 0. The van der Waals surface area contributed by atoms with Gasteiger partial charge in [0.2, 0.25) is 10.0 Å². The average molecular weight is 390 g/mol. The largest absolute Gasteiger partial charge is 0.497 e. The molecule has 0 fully saturated rings. The van der Waals surface area contributed by atoms with Gasteiger partial charge in [-0.25, -0.2) is 8.42 Å². The molecule has 0 saturated carbocycles. The molecule has 5 nitrogen and oxygen atoms in total. The fourth-order valence-electron chi connectivity index (χ4n) is 1.97. The molecule has 0 N–H and O–H groups in total. The summed E-state index contributed by atoms with van der Waals surface area (Å²) in [5.74, 6) is 1.34. The van der Waals surface area contributed by atoms with Crippen molar-refractivity contribution in [1.29, 1.82) is 0 Å². The standard InChI is InChI=1S/C16H17Cl2NO4S/c1-19(10-11-23-13-8-6-12(22-2)7-9-13)24(20,21)16-14(17)4-3-5-15(16)18/h3-9H,10-11H2,1-2H3. The molecule has 2 rings (SSSR count). The van der Waals surface area contributed by atoms with Crippen LogP contribution in [-0.4, -0.2) is 40.0 Å². The molecule has 0 aromatic heterocycles. The molecule has 0 heterocycles. The van der Waals surface area contributed by atoms with E-state index in [1.165, 1.54) is 19.2 Å². The van der Waals surface area contributed by atoms with Crippen LogP contribution >= 0.6 is 23.2 Å². The Morgan fingerprint density at radius 2 is 1.54 bits per heavy atom. The molecule has 24 heavy (non-hydrogen) atoms. The Labute approximate surface area is 151 Å². The van der Waals surface area contributed by atoms with Crippen molar-refractivity contribution in [1.82, 2.24) is 4.31 Å². The van der Waals surface area contributed by atoms with Gasteiger partial charge in [-0.15, -0.1) is 0 Å². The second-order valence-corrected chi connectivity index (χ2v) is 7.70. The molecule has 0 aliphatic carbocycles. The highest BCUT2D eigenvalue weighted by Gasteiger charge is 2.26. The van der Waals surface area contributed by atoms with Crippen LogP contribution in [0.3, 0.4) is 0 Å². The van der Waals surface area contributed by atoms with Crippen LogP contribution in [0, 0.1) is 0 Å². The molecular formula is C16H17Cl2NO4S. The molecule has 0 radical (unpaired) electrons. The maximum absolute atomic E-state index is 12.6. The van der Waals surface area contributed by atoms with Crippen molar-refractivity contribution in [2.45, 2.75) is 4.90 Å². The van der Waals surface area contributed by atoms with E-state index < -0.39 is 10.0 Å². The van der Waals surface area contributed by atoms with Crippen LogP contribution in [0.15, 0.2) is 47.4 Å². The number of sulfonamides is 1. The second-order valence-electron chi connectivity index (χ2n) is 4.90. The van der Waals surface area contributed by atoms with Gasteiger partial charge in [0.05, 0.1) is 17.2 Å². The van der Waals surface area contributed by atoms with Crippen LogP contribution in [0.4, 0.5) is 0 Å². The van der Waals surface area contributed by atoms with Gasteiger partial charge in [0.1, 0.15) is 23.0 Å². The SMILES string of the molecule is COc1ccc(OCCN(C)S(=O)(=O)c2c(Cl)cccc2Cl)cc1. The summed E-state index contributed by atoms with van der Waals surface area (Å²) in [6.07, 6.45) is 0. The van der Waals surface area contributed by atoms with E-state index in [4.69, 9.17) is 32.7 Å². The Hall–Kier alpha value is -1.47. The van der Waals surface area contributed by atoms with Gasteiger partial charge >= 0.3 is 0 Å². The molecule has 2 aromatic carbocycles. The first-order valence-electron chi connectivity index (χ1n) is 7.03. The van der Waals surface area contributed by atoms with Crippen LogP contribution < -0.4 is 9.47 Å². The lowest BCUT2D eigenvalue weighted by atomic mass is 10.3. The molecule has 0 aliphatic rings. The van der Waals surface area contributed by atoms with Gasteiger partial charge in [0, 0.05) is 13.6 Å². The predicted octanol–water partition coefficient (Wildman–Crippen LogP) is 3.70. The first-order chi connectivity index (χ1) is 11.4. The van der Waals surface area contributed by atoms with E-state index in [-0.39, 0.29) is 28.1 Å². The van der Waals surface area contributed by atoms with Gasteiger partial charge < -0.3 is 9.47 Å². The zero-order chi connectivity index (χ0) is 17.7. The van der Waals surface area contributed by atoms with E-state index in [0.29, 0.717) is 5.75 Å². The van der Waals surface area contributed by atoms with E-state index in [2.05, 4.69) is 0 Å². The maximum Gasteiger partial charge on any atom is 0.245 e. The molecular weight excluding hydrogens is 373 g/mol. The Morgan fingerprint density at radius 1 is 1.00 bits per heavy atom. The van der Waals surface area contributed by atoms with Crippen molar-refractivity contribution in [2.75, 3.05) is 27.3 Å². The van der Waals surface area contributed by atoms with Gasteiger partial charge in [-0.1, -0.05) is 29.3 Å². The number of methoxy groups -OCH3 is 1. The minimum Gasteiger partial charge on any atom is -0.497 e. The van der Waals surface area contributed by atoms with E-state index in [1.807, 2.05) is 0 Å². The molecule has 0 bridgehead atoms. The van der Waals surface area contributed by atoms with Crippen LogP contribution in [0.25, 0.3) is 0 Å². The van der Waals surface area contributed by atoms with Crippen molar-refractivity contribution in [3.8, 4) is 11.5 Å². The van der Waals surface area contributed by atoms with Crippen molar-refractivity contribution < 1.29 is 17.9 Å². The van der Waals surface area contributed by atoms with Crippen LogP contribution in [0.2, 0.25) is 10.0 Å². The third-order valence-electron chi connectivity index (χ3n) is 3.32. The number of likely N-dealkylation sites (N-methyl/N-ethyl adjacent to an activating group) is 1. The summed E-state index contributed by atoms with van der Waals surface area (Å²) < 4.78 is 36.9. The number of nitrogens with zero attached hydrogens (tertiary/aromatic N) is 1. The molecule has 130 valence electrons. The summed E-state index contributed by atoms with van der Waals surface area (Å²) >= 11 is 12.0. The number of hydrogen-bond acceptors (Lipinski definition) is 4. The van der Waals surface area contributed by atoms with Crippen LogP contribution in [0.1, 0.15) is 0 Å². The van der Waals surface area contributed by atoms with Gasteiger partial charge in [0.25, 0.3) is 0 Å². The molecule has 0 aliphatic heterocycles. The van der Waals surface area contributed by atoms with E-state index in [0.717, 1.165) is 10.1 Å². The van der Waals surface area contributed by atoms with Crippen molar-refractivity contribution in [3.63, 3.8) is 0 Å². The molecule has 0 amide bonds. The topological polar surface area (TPSA) is 55.8 Å². The molecule has 0 atom stereocenters. The second kappa shape index (κ2) is 8.07. The summed E-state index contributed by atoms with van der Waals surface area (Å²) in [7, 11) is -0.766. The van der Waals surface area contributed by atoms with Gasteiger partial charge in [-0.3, -0.25) is 0 Å². The summed E-state index contributed by atoms with van der Waals surface area (Å²) in [6.45, 7) is 0.333. The quantitative estimate of drug-likeness (QED) is 0.724. The third kappa shape index (κ3) is 4.33. The molecule has 0 spiro atoms. The Balaban J connectivity index is 2.02. The maximum atomic E-state index is 12.6. The molecule has 8 heteroatoms. The van der Waals surface area contributed by atoms with E-state index in [9.17, 15) is 8.42 Å². The zero-order valence-electron chi connectivity index (χ0n) is 13.2. The summed E-state index contributed by atoms with van der Waals surface area (Å²) in [6, 6.07) is 11.6. The lowest BCUT2D eigenvalue weighted by Crippen LogP contribution is -2.31. The number of benzene rings is 2. The monoisotopic (exact) mass is 389 g/mol. The van der Waals surface area contributed by atoms with E-state index in [1.54, 1.807) is 37.4 Å². The van der Waals surface area contributed by atoms with E-state index >= 15 is 0 Å².